The largest absolute Gasteiger partial charge is 0.478 e. The third kappa shape index (κ3) is 3.13. The summed E-state index contributed by atoms with van der Waals surface area (Å²) in [6, 6.07) is 19.8. The Labute approximate surface area is 139 Å². The standard InChI is InChI=1S/C20H17NO3/c1-13(17-11-5-7-14-6-2-3-10-18(14)17)21-19(22)15-8-4-9-16(12-15)20(23)24/h2-13H,1H3,(H,21,22)(H,23,24)/t13-/m1/s1. The Morgan fingerprint density at radius 1 is 0.917 bits per heavy atom. The highest BCUT2D eigenvalue weighted by Crippen LogP contribution is 2.24. The SMILES string of the molecule is C[C@@H](NC(=O)c1cccc(C(=O)O)c1)c1cccc2ccccc12. The zero-order chi connectivity index (χ0) is 17.1. The van der Waals surface area contributed by atoms with Crippen LogP contribution >= 0.6 is 0 Å². The highest BCUT2D eigenvalue weighted by atomic mass is 16.4. The van der Waals surface area contributed by atoms with E-state index in [0.29, 0.717) is 5.56 Å². The highest BCUT2D eigenvalue weighted by Gasteiger charge is 2.14. The van der Waals surface area contributed by atoms with Crippen molar-refractivity contribution in [1.82, 2.24) is 5.32 Å². The normalized spacial score (nSPS) is 11.9. The first-order valence-corrected chi connectivity index (χ1v) is 7.68. The van der Waals surface area contributed by atoms with Crippen LogP contribution in [0.15, 0.2) is 66.7 Å². The van der Waals surface area contributed by atoms with E-state index in [1.54, 1.807) is 12.1 Å². The molecule has 0 aliphatic carbocycles. The van der Waals surface area contributed by atoms with Crippen LogP contribution in [0.3, 0.4) is 0 Å². The number of aromatic carboxylic acids is 1. The minimum Gasteiger partial charge on any atom is -0.478 e. The minimum absolute atomic E-state index is 0.0977. The van der Waals surface area contributed by atoms with Crippen molar-refractivity contribution in [3.05, 3.63) is 83.4 Å². The average molecular weight is 319 g/mol. The van der Waals surface area contributed by atoms with Gasteiger partial charge in [-0.1, -0.05) is 48.5 Å². The molecule has 4 heteroatoms. The number of rotatable bonds is 4. The Kier molecular flexibility index (Phi) is 4.29. The Hall–Kier alpha value is -3.14. The number of carbonyl (C=O) groups excluding carboxylic acids is 1. The van der Waals surface area contributed by atoms with Gasteiger partial charge in [0.25, 0.3) is 5.91 Å². The molecule has 24 heavy (non-hydrogen) atoms. The topological polar surface area (TPSA) is 66.4 Å². The molecule has 120 valence electrons. The number of carboxylic acid groups (broad SMARTS) is 1. The fourth-order valence-electron chi connectivity index (χ4n) is 2.78. The lowest BCUT2D eigenvalue weighted by atomic mass is 9.99. The number of benzene rings is 3. The highest BCUT2D eigenvalue weighted by molar-refractivity contribution is 5.98. The minimum atomic E-state index is -1.05. The summed E-state index contributed by atoms with van der Waals surface area (Å²) < 4.78 is 0. The van der Waals surface area contributed by atoms with Crippen molar-refractivity contribution in [2.75, 3.05) is 0 Å². The van der Waals surface area contributed by atoms with Crippen LogP contribution in [-0.4, -0.2) is 17.0 Å². The van der Waals surface area contributed by atoms with Gasteiger partial charge in [-0.2, -0.15) is 0 Å². The second-order valence-corrected chi connectivity index (χ2v) is 5.65. The molecule has 0 saturated heterocycles. The predicted molar refractivity (Wildman–Crippen MR) is 93.2 cm³/mol. The quantitative estimate of drug-likeness (QED) is 0.763. The van der Waals surface area contributed by atoms with Gasteiger partial charge in [-0.05, 0) is 41.5 Å². The number of carbonyl (C=O) groups is 2. The van der Waals surface area contributed by atoms with Crippen LogP contribution in [0, 0.1) is 0 Å². The Morgan fingerprint density at radius 3 is 2.38 bits per heavy atom. The van der Waals surface area contributed by atoms with Gasteiger partial charge in [0.1, 0.15) is 0 Å². The molecule has 3 aromatic rings. The van der Waals surface area contributed by atoms with E-state index in [1.807, 2.05) is 49.4 Å². The van der Waals surface area contributed by atoms with Crippen molar-refractivity contribution in [2.45, 2.75) is 13.0 Å². The van der Waals surface area contributed by atoms with Gasteiger partial charge in [-0.15, -0.1) is 0 Å². The summed E-state index contributed by atoms with van der Waals surface area (Å²) in [4.78, 5) is 23.5. The number of amides is 1. The molecule has 0 aromatic heterocycles. The van der Waals surface area contributed by atoms with Crippen molar-refractivity contribution in [3.63, 3.8) is 0 Å². The molecule has 0 unspecified atom stereocenters. The van der Waals surface area contributed by atoms with E-state index < -0.39 is 5.97 Å². The van der Waals surface area contributed by atoms with Crippen molar-refractivity contribution < 1.29 is 14.7 Å². The molecule has 4 nitrogen and oxygen atoms in total. The molecular formula is C20H17NO3. The average Bonchev–Trinajstić information content (AvgIpc) is 2.61. The molecule has 0 heterocycles. The van der Waals surface area contributed by atoms with Gasteiger partial charge in [-0.25, -0.2) is 4.79 Å². The molecule has 2 N–H and O–H groups in total. The van der Waals surface area contributed by atoms with E-state index in [0.717, 1.165) is 16.3 Å². The zero-order valence-electron chi connectivity index (χ0n) is 13.2. The van der Waals surface area contributed by atoms with Crippen LogP contribution in [-0.2, 0) is 0 Å². The van der Waals surface area contributed by atoms with E-state index in [2.05, 4.69) is 5.32 Å². The summed E-state index contributed by atoms with van der Waals surface area (Å²) in [6.45, 7) is 1.92. The fourth-order valence-corrected chi connectivity index (χ4v) is 2.78. The molecule has 0 aliphatic heterocycles. The molecule has 0 aliphatic rings. The maximum atomic E-state index is 12.4. The first kappa shape index (κ1) is 15.7. The van der Waals surface area contributed by atoms with Crippen molar-refractivity contribution in [2.24, 2.45) is 0 Å². The third-order valence-corrected chi connectivity index (χ3v) is 4.01. The van der Waals surface area contributed by atoms with Gasteiger partial charge in [0.15, 0.2) is 0 Å². The monoisotopic (exact) mass is 319 g/mol. The van der Waals surface area contributed by atoms with Crippen LogP contribution in [0.4, 0.5) is 0 Å². The second-order valence-electron chi connectivity index (χ2n) is 5.65. The number of hydrogen-bond donors (Lipinski definition) is 2. The van der Waals surface area contributed by atoms with E-state index >= 15 is 0 Å². The number of fused-ring (bicyclic) bond motifs is 1. The van der Waals surface area contributed by atoms with Crippen molar-refractivity contribution in [3.8, 4) is 0 Å². The lowest BCUT2D eigenvalue weighted by Crippen LogP contribution is -2.27. The van der Waals surface area contributed by atoms with Gasteiger partial charge < -0.3 is 10.4 Å². The van der Waals surface area contributed by atoms with E-state index in [1.165, 1.54) is 12.1 Å². The zero-order valence-corrected chi connectivity index (χ0v) is 13.2. The summed E-state index contributed by atoms with van der Waals surface area (Å²) in [5.74, 6) is -1.34. The summed E-state index contributed by atoms with van der Waals surface area (Å²) in [6.07, 6.45) is 0. The van der Waals surface area contributed by atoms with Gasteiger partial charge in [0, 0.05) is 5.56 Å². The summed E-state index contributed by atoms with van der Waals surface area (Å²) in [7, 11) is 0. The molecule has 1 amide bonds. The fraction of sp³-hybridized carbons (Fsp3) is 0.100. The Bertz CT molecular complexity index is 912. The van der Waals surface area contributed by atoms with E-state index in [4.69, 9.17) is 5.11 Å². The maximum Gasteiger partial charge on any atom is 0.335 e. The smallest absolute Gasteiger partial charge is 0.335 e. The molecule has 3 aromatic carbocycles. The molecule has 0 saturated carbocycles. The summed E-state index contributed by atoms with van der Waals surface area (Å²) in [5.41, 5.74) is 1.46. The Morgan fingerprint density at radius 2 is 1.58 bits per heavy atom. The maximum absolute atomic E-state index is 12.4. The summed E-state index contributed by atoms with van der Waals surface area (Å²) in [5, 5.41) is 14.2. The van der Waals surface area contributed by atoms with Crippen LogP contribution in [0.5, 0.6) is 0 Å². The van der Waals surface area contributed by atoms with Crippen molar-refractivity contribution in [1.29, 1.82) is 0 Å². The van der Waals surface area contributed by atoms with Crippen LogP contribution < -0.4 is 5.32 Å². The molecule has 0 spiro atoms. The van der Waals surface area contributed by atoms with Gasteiger partial charge in [0.2, 0.25) is 0 Å². The lowest BCUT2D eigenvalue weighted by Gasteiger charge is -2.17. The number of carboxylic acids is 1. The molecule has 0 radical (unpaired) electrons. The first-order valence-electron chi connectivity index (χ1n) is 7.68. The van der Waals surface area contributed by atoms with Crippen LogP contribution in [0.1, 0.15) is 39.2 Å². The van der Waals surface area contributed by atoms with Gasteiger partial charge in [0.05, 0.1) is 11.6 Å². The van der Waals surface area contributed by atoms with E-state index in [9.17, 15) is 9.59 Å². The second kappa shape index (κ2) is 6.54. The third-order valence-electron chi connectivity index (χ3n) is 4.01. The predicted octanol–water partition coefficient (Wildman–Crippen LogP) is 4.03. The van der Waals surface area contributed by atoms with Gasteiger partial charge >= 0.3 is 5.97 Å². The molecule has 0 bridgehead atoms. The summed E-state index contributed by atoms with van der Waals surface area (Å²) >= 11 is 0. The molecular weight excluding hydrogens is 302 g/mol. The van der Waals surface area contributed by atoms with Gasteiger partial charge in [-0.3, -0.25) is 4.79 Å². The number of nitrogens with one attached hydrogen (secondary N) is 1. The van der Waals surface area contributed by atoms with Crippen LogP contribution in [0.2, 0.25) is 0 Å². The lowest BCUT2D eigenvalue weighted by molar-refractivity contribution is 0.0697. The van der Waals surface area contributed by atoms with Crippen molar-refractivity contribution >= 4 is 22.6 Å². The molecule has 0 fully saturated rings. The molecule has 1 atom stereocenters. The number of hydrogen-bond acceptors (Lipinski definition) is 2. The molecule has 3 rings (SSSR count). The first-order chi connectivity index (χ1) is 11.6. The van der Waals surface area contributed by atoms with E-state index in [-0.39, 0.29) is 17.5 Å². The van der Waals surface area contributed by atoms with Crippen LogP contribution in [0.25, 0.3) is 10.8 Å². The Balaban J connectivity index is 1.86.